The van der Waals surface area contributed by atoms with Crippen LogP contribution in [-0.2, 0) is 0 Å². The van der Waals surface area contributed by atoms with Crippen LogP contribution in [0.4, 0.5) is 0 Å². The Hall–Kier alpha value is -2.76. The minimum absolute atomic E-state index is 0.0447. The molecule has 4 atom stereocenters. The molecule has 0 aliphatic rings. The number of phenols is 1. The fourth-order valence-electron chi connectivity index (χ4n) is 2.95. The van der Waals surface area contributed by atoms with Gasteiger partial charge in [0.15, 0.2) is 29.1 Å². The normalized spacial score (nSPS) is 15.0. The van der Waals surface area contributed by atoms with Crippen LogP contribution in [0.3, 0.4) is 0 Å². The van der Waals surface area contributed by atoms with Crippen molar-refractivity contribution in [3.05, 3.63) is 41.5 Å². The maximum atomic E-state index is 10.7. The van der Waals surface area contributed by atoms with Crippen molar-refractivity contribution in [2.24, 2.45) is 0 Å². The molecule has 0 saturated carbocycles. The summed E-state index contributed by atoms with van der Waals surface area (Å²) in [6.07, 6.45) is -5.30. The zero-order valence-electron chi connectivity index (χ0n) is 17.4. The lowest BCUT2D eigenvalue weighted by Gasteiger charge is -2.26. The Morgan fingerprint density at radius 3 is 1.77 bits per heavy atom. The lowest BCUT2D eigenvalue weighted by molar-refractivity contribution is -0.0158. The molecular weight excluding hydrogens is 412 g/mol. The first kappa shape index (κ1) is 24.5. The van der Waals surface area contributed by atoms with Gasteiger partial charge in [0.1, 0.15) is 18.3 Å². The van der Waals surface area contributed by atoms with Crippen LogP contribution in [0.15, 0.2) is 30.3 Å². The molecule has 0 saturated heterocycles. The summed E-state index contributed by atoms with van der Waals surface area (Å²) in [4.78, 5) is 0. The third-order valence-electron chi connectivity index (χ3n) is 4.72. The van der Waals surface area contributed by atoms with E-state index in [2.05, 4.69) is 0 Å². The Morgan fingerprint density at radius 1 is 0.742 bits per heavy atom. The van der Waals surface area contributed by atoms with E-state index in [0.717, 1.165) is 0 Å². The van der Waals surface area contributed by atoms with E-state index in [0.29, 0.717) is 5.56 Å². The molecule has 0 aromatic heterocycles. The maximum absolute atomic E-state index is 10.7. The number of aliphatic hydroxyl groups excluding tert-OH is 5. The van der Waals surface area contributed by atoms with E-state index < -0.39 is 37.6 Å². The second-order valence-electron chi connectivity index (χ2n) is 6.66. The highest BCUT2D eigenvalue weighted by Gasteiger charge is 2.28. The van der Waals surface area contributed by atoms with Crippen LogP contribution >= 0.6 is 0 Å². The summed E-state index contributed by atoms with van der Waals surface area (Å²) in [7, 11) is 4.05. The third-order valence-corrected chi connectivity index (χ3v) is 4.72. The predicted molar refractivity (Wildman–Crippen MR) is 109 cm³/mol. The average molecular weight is 440 g/mol. The Balaban J connectivity index is 2.40. The largest absolute Gasteiger partial charge is 0.504 e. The Labute approximate surface area is 179 Å². The standard InChI is InChI=1S/C21H28O10/c1-28-15-6-11(4-5-13(15)24)20(27)18(10-23)31-21-16(29-2)7-12(8-17(21)30-3)19(26)14(25)9-22/h4-8,14,18-20,22-27H,9-10H2,1-3H3/t14-,18+,19-,20+/m0/s1. The molecule has 2 rings (SSSR count). The number of benzene rings is 2. The highest BCUT2D eigenvalue weighted by Crippen LogP contribution is 2.42. The van der Waals surface area contributed by atoms with Gasteiger partial charge in [0, 0.05) is 0 Å². The number of methoxy groups -OCH3 is 3. The molecule has 0 aliphatic carbocycles. The van der Waals surface area contributed by atoms with E-state index >= 15 is 0 Å². The molecule has 31 heavy (non-hydrogen) atoms. The summed E-state index contributed by atoms with van der Waals surface area (Å²) < 4.78 is 21.4. The third kappa shape index (κ3) is 5.49. The van der Waals surface area contributed by atoms with Gasteiger partial charge in [0.05, 0.1) is 34.5 Å². The quantitative estimate of drug-likeness (QED) is 0.287. The van der Waals surface area contributed by atoms with Crippen molar-refractivity contribution >= 4 is 0 Å². The molecule has 0 amide bonds. The Bertz CT molecular complexity index is 831. The maximum Gasteiger partial charge on any atom is 0.204 e. The smallest absolute Gasteiger partial charge is 0.204 e. The Morgan fingerprint density at radius 2 is 1.29 bits per heavy atom. The SMILES string of the molecule is COc1cc([C@@H](O)[C@@H](CO)Oc2c(OC)cc([C@H](O)[C@@H](O)CO)cc2OC)ccc1O. The van der Waals surface area contributed by atoms with Crippen LogP contribution < -0.4 is 18.9 Å². The fourth-order valence-corrected chi connectivity index (χ4v) is 2.95. The van der Waals surface area contributed by atoms with Crippen molar-refractivity contribution in [3.63, 3.8) is 0 Å². The molecule has 0 heterocycles. The van der Waals surface area contributed by atoms with Crippen molar-refractivity contribution < 1.29 is 49.6 Å². The zero-order chi connectivity index (χ0) is 23.1. The molecule has 10 heteroatoms. The number of hydrogen-bond donors (Lipinski definition) is 6. The molecule has 10 nitrogen and oxygen atoms in total. The van der Waals surface area contributed by atoms with E-state index in [1.807, 2.05) is 0 Å². The minimum Gasteiger partial charge on any atom is -0.504 e. The average Bonchev–Trinajstić information content (AvgIpc) is 2.80. The number of aromatic hydroxyl groups is 1. The molecule has 0 fully saturated rings. The molecule has 2 aromatic rings. The summed E-state index contributed by atoms with van der Waals surface area (Å²) in [6.45, 7) is -1.23. The second kappa shape index (κ2) is 11.0. The highest BCUT2D eigenvalue weighted by molar-refractivity contribution is 5.54. The number of ether oxygens (including phenoxy) is 4. The van der Waals surface area contributed by atoms with Gasteiger partial charge in [0.2, 0.25) is 5.75 Å². The van der Waals surface area contributed by atoms with E-state index in [9.17, 15) is 25.5 Å². The first-order valence-electron chi connectivity index (χ1n) is 9.36. The van der Waals surface area contributed by atoms with Crippen molar-refractivity contribution in [1.82, 2.24) is 0 Å². The van der Waals surface area contributed by atoms with Crippen LogP contribution in [0, 0.1) is 0 Å². The molecular formula is C21H28O10. The molecule has 0 bridgehead atoms. The lowest BCUT2D eigenvalue weighted by atomic mass is 10.0. The van der Waals surface area contributed by atoms with Crippen LogP contribution in [0.1, 0.15) is 23.3 Å². The zero-order valence-corrected chi connectivity index (χ0v) is 17.4. The highest BCUT2D eigenvalue weighted by atomic mass is 16.6. The summed E-state index contributed by atoms with van der Waals surface area (Å²) in [6, 6.07) is 6.97. The van der Waals surface area contributed by atoms with E-state index in [1.165, 1.54) is 51.7 Å². The molecule has 2 aromatic carbocycles. The minimum atomic E-state index is -1.42. The van der Waals surface area contributed by atoms with E-state index in [-0.39, 0.29) is 34.3 Å². The van der Waals surface area contributed by atoms with Gasteiger partial charge >= 0.3 is 0 Å². The first-order chi connectivity index (χ1) is 14.8. The lowest BCUT2D eigenvalue weighted by Crippen LogP contribution is -2.29. The van der Waals surface area contributed by atoms with Gasteiger partial charge in [-0.25, -0.2) is 0 Å². The summed E-state index contributed by atoms with van der Waals surface area (Å²) in [5, 5.41) is 59.3. The van der Waals surface area contributed by atoms with Gasteiger partial charge in [-0.15, -0.1) is 0 Å². The van der Waals surface area contributed by atoms with Gasteiger partial charge in [-0.2, -0.15) is 0 Å². The number of hydrogen-bond acceptors (Lipinski definition) is 10. The van der Waals surface area contributed by atoms with Gasteiger partial charge in [-0.05, 0) is 35.4 Å². The number of aliphatic hydroxyl groups is 5. The number of rotatable bonds is 11. The van der Waals surface area contributed by atoms with Crippen LogP contribution in [0.25, 0.3) is 0 Å². The summed E-state index contributed by atoms with van der Waals surface area (Å²) >= 11 is 0. The van der Waals surface area contributed by atoms with Gasteiger partial charge < -0.3 is 49.6 Å². The molecule has 0 aliphatic heterocycles. The van der Waals surface area contributed by atoms with Crippen molar-refractivity contribution in [2.75, 3.05) is 34.5 Å². The van der Waals surface area contributed by atoms with Crippen LogP contribution in [0.2, 0.25) is 0 Å². The molecule has 0 unspecified atom stereocenters. The van der Waals surface area contributed by atoms with Crippen molar-refractivity contribution in [2.45, 2.75) is 24.4 Å². The number of phenolic OH excluding ortho intramolecular Hbond substituents is 1. The second-order valence-corrected chi connectivity index (χ2v) is 6.66. The molecule has 0 spiro atoms. The van der Waals surface area contributed by atoms with Gasteiger partial charge in [-0.3, -0.25) is 0 Å². The predicted octanol–water partition coefficient (Wildman–Crippen LogP) is 0.278. The summed E-state index contributed by atoms with van der Waals surface area (Å²) in [5.74, 6) is 0.287. The van der Waals surface area contributed by atoms with Crippen LogP contribution in [0.5, 0.6) is 28.7 Å². The molecule has 172 valence electrons. The topological polar surface area (TPSA) is 158 Å². The Kier molecular flexibility index (Phi) is 8.72. The van der Waals surface area contributed by atoms with Crippen LogP contribution in [-0.4, -0.2) is 77.4 Å². The molecule has 6 N–H and O–H groups in total. The van der Waals surface area contributed by atoms with E-state index in [4.69, 9.17) is 24.1 Å². The first-order valence-corrected chi connectivity index (χ1v) is 9.36. The van der Waals surface area contributed by atoms with E-state index in [1.54, 1.807) is 0 Å². The van der Waals surface area contributed by atoms with Crippen molar-refractivity contribution in [1.29, 1.82) is 0 Å². The monoisotopic (exact) mass is 440 g/mol. The van der Waals surface area contributed by atoms with Gasteiger partial charge in [-0.1, -0.05) is 6.07 Å². The summed E-state index contributed by atoms with van der Waals surface area (Å²) in [5.41, 5.74) is 0.525. The van der Waals surface area contributed by atoms with Gasteiger partial charge in [0.25, 0.3) is 0 Å². The molecule has 0 radical (unpaired) electrons. The van der Waals surface area contributed by atoms with Crippen molar-refractivity contribution in [3.8, 4) is 28.7 Å². The fraction of sp³-hybridized carbons (Fsp3) is 0.429.